The molecule has 29 heavy (non-hydrogen) atoms. The van der Waals surface area contributed by atoms with E-state index in [-0.39, 0.29) is 17.9 Å². The molecule has 2 atom stereocenters. The number of amides is 1. The molecule has 0 bridgehead atoms. The third-order valence-electron chi connectivity index (χ3n) is 5.16. The fraction of sp³-hybridized carbons (Fsp3) is 0.300. The van der Waals surface area contributed by atoms with Crippen molar-refractivity contribution in [1.29, 1.82) is 0 Å². The SMILES string of the molecule is Cc1cccc(NC(=O)c2cc3n(n2)[C@@H](C(F)(F)F)C[C@@H](c2ccco2)N3)c1C. The van der Waals surface area contributed by atoms with Crippen LogP contribution >= 0.6 is 0 Å². The number of aromatic nitrogens is 2. The Kier molecular flexibility index (Phi) is 4.60. The van der Waals surface area contributed by atoms with Crippen LogP contribution in [0.15, 0.2) is 47.1 Å². The van der Waals surface area contributed by atoms with Crippen molar-refractivity contribution in [2.24, 2.45) is 0 Å². The number of furan rings is 1. The van der Waals surface area contributed by atoms with Crippen LogP contribution in [0.5, 0.6) is 0 Å². The minimum absolute atomic E-state index is 0.0947. The summed E-state index contributed by atoms with van der Waals surface area (Å²) < 4.78 is 47.1. The molecule has 1 aliphatic heterocycles. The molecule has 152 valence electrons. The van der Waals surface area contributed by atoms with Gasteiger partial charge in [0.2, 0.25) is 0 Å². The predicted molar refractivity (Wildman–Crippen MR) is 101 cm³/mol. The highest BCUT2D eigenvalue weighted by Gasteiger charge is 2.47. The summed E-state index contributed by atoms with van der Waals surface area (Å²) in [6.07, 6.45) is -3.40. The summed E-state index contributed by atoms with van der Waals surface area (Å²) in [7, 11) is 0. The quantitative estimate of drug-likeness (QED) is 0.644. The third-order valence-corrected chi connectivity index (χ3v) is 5.16. The van der Waals surface area contributed by atoms with Gasteiger partial charge in [-0.3, -0.25) is 4.79 Å². The lowest BCUT2D eigenvalue weighted by molar-refractivity contribution is -0.174. The molecule has 0 saturated carbocycles. The molecular weight excluding hydrogens is 385 g/mol. The molecule has 9 heteroatoms. The average Bonchev–Trinajstić information content (AvgIpc) is 3.33. The maximum absolute atomic E-state index is 13.7. The highest BCUT2D eigenvalue weighted by atomic mass is 19.4. The van der Waals surface area contributed by atoms with Crippen LogP contribution in [0.3, 0.4) is 0 Å². The van der Waals surface area contributed by atoms with Gasteiger partial charge in [-0.15, -0.1) is 0 Å². The lowest BCUT2D eigenvalue weighted by atomic mass is 10.0. The molecule has 0 saturated heterocycles. The molecule has 1 aromatic carbocycles. The van der Waals surface area contributed by atoms with Crippen LogP contribution in [0.2, 0.25) is 0 Å². The number of carbonyl (C=O) groups is 1. The Balaban J connectivity index is 1.65. The molecule has 2 aromatic heterocycles. The zero-order valence-electron chi connectivity index (χ0n) is 15.7. The largest absolute Gasteiger partial charge is 0.467 e. The maximum Gasteiger partial charge on any atom is 0.410 e. The van der Waals surface area contributed by atoms with Gasteiger partial charge in [-0.05, 0) is 43.2 Å². The fourth-order valence-corrected chi connectivity index (χ4v) is 3.43. The number of hydrogen-bond donors (Lipinski definition) is 2. The Labute approximate surface area is 164 Å². The van der Waals surface area contributed by atoms with Crippen LogP contribution in [-0.2, 0) is 0 Å². The second-order valence-corrected chi connectivity index (χ2v) is 7.07. The number of alkyl halides is 3. The first-order valence-electron chi connectivity index (χ1n) is 9.08. The van der Waals surface area contributed by atoms with Crippen LogP contribution in [0.1, 0.15) is 45.9 Å². The number of aryl methyl sites for hydroxylation is 1. The molecule has 0 radical (unpaired) electrons. The normalized spacial score (nSPS) is 18.8. The van der Waals surface area contributed by atoms with Crippen LogP contribution < -0.4 is 10.6 Å². The van der Waals surface area contributed by atoms with E-state index in [1.165, 1.54) is 12.3 Å². The zero-order chi connectivity index (χ0) is 20.8. The van der Waals surface area contributed by atoms with Crippen LogP contribution in [0.4, 0.5) is 24.7 Å². The second-order valence-electron chi connectivity index (χ2n) is 7.07. The Morgan fingerprint density at radius 2 is 2.07 bits per heavy atom. The van der Waals surface area contributed by atoms with Crippen LogP contribution in [0, 0.1) is 13.8 Å². The lowest BCUT2D eigenvalue weighted by Crippen LogP contribution is -2.35. The molecule has 4 rings (SSSR count). The number of rotatable bonds is 3. The molecule has 3 aromatic rings. The summed E-state index contributed by atoms with van der Waals surface area (Å²) in [6, 6.07) is 7.47. The van der Waals surface area contributed by atoms with E-state index in [4.69, 9.17) is 4.42 Å². The third kappa shape index (κ3) is 3.59. The number of nitrogens with zero attached hydrogens (tertiary/aromatic N) is 2. The highest BCUT2D eigenvalue weighted by Crippen LogP contribution is 2.43. The van der Waals surface area contributed by atoms with Gasteiger partial charge in [-0.2, -0.15) is 18.3 Å². The van der Waals surface area contributed by atoms with Gasteiger partial charge in [0.1, 0.15) is 11.6 Å². The number of hydrogen-bond acceptors (Lipinski definition) is 4. The summed E-state index contributed by atoms with van der Waals surface area (Å²) in [5.74, 6) is -0.0583. The van der Waals surface area contributed by atoms with E-state index in [2.05, 4.69) is 15.7 Å². The lowest BCUT2D eigenvalue weighted by Gasteiger charge is -2.32. The Hall–Kier alpha value is -3.23. The maximum atomic E-state index is 13.7. The smallest absolute Gasteiger partial charge is 0.410 e. The zero-order valence-corrected chi connectivity index (χ0v) is 15.7. The molecule has 2 N–H and O–H groups in total. The van der Waals surface area contributed by atoms with Gasteiger partial charge in [-0.25, -0.2) is 4.68 Å². The standard InChI is InChI=1S/C20H19F3N4O2/c1-11-5-3-6-13(12(11)2)25-19(28)15-10-18-24-14(16-7-4-8-29-16)9-17(20(21,22)23)27(18)26-15/h3-8,10,14,17,24H,9H2,1-2H3,(H,25,28)/t14-,17+/m0/s1. The molecule has 1 amide bonds. The van der Waals surface area contributed by atoms with Crippen LogP contribution in [0.25, 0.3) is 0 Å². The van der Waals surface area contributed by atoms with Gasteiger partial charge in [0, 0.05) is 18.2 Å². The van der Waals surface area contributed by atoms with Crippen molar-refractivity contribution in [3.63, 3.8) is 0 Å². The van der Waals surface area contributed by atoms with Crippen molar-refractivity contribution in [3.8, 4) is 0 Å². The van der Waals surface area contributed by atoms with E-state index in [9.17, 15) is 18.0 Å². The molecule has 0 unspecified atom stereocenters. The fourth-order valence-electron chi connectivity index (χ4n) is 3.43. The van der Waals surface area contributed by atoms with E-state index in [1.807, 2.05) is 19.9 Å². The van der Waals surface area contributed by atoms with Gasteiger partial charge < -0.3 is 15.1 Å². The van der Waals surface area contributed by atoms with Gasteiger partial charge in [0.15, 0.2) is 11.7 Å². The molecule has 6 nitrogen and oxygen atoms in total. The van der Waals surface area contributed by atoms with E-state index < -0.39 is 24.2 Å². The minimum atomic E-state index is -4.52. The van der Waals surface area contributed by atoms with Crippen molar-refractivity contribution >= 4 is 17.4 Å². The van der Waals surface area contributed by atoms with Gasteiger partial charge in [0.05, 0.1) is 12.3 Å². The summed E-state index contributed by atoms with van der Waals surface area (Å²) >= 11 is 0. The molecular formula is C20H19F3N4O2. The molecule has 0 spiro atoms. The summed E-state index contributed by atoms with van der Waals surface area (Å²) in [5.41, 5.74) is 2.37. The number of halogens is 3. The average molecular weight is 404 g/mol. The van der Waals surface area contributed by atoms with Crippen molar-refractivity contribution in [3.05, 3.63) is 65.2 Å². The number of anilines is 2. The first-order valence-corrected chi connectivity index (χ1v) is 9.08. The number of fused-ring (bicyclic) bond motifs is 1. The van der Waals surface area contributed by atoms with E-state index in [0.717, 1.165) is 15.8 Å². The van der Waals surface area contributed by atoms with Gasteiger partial charge >= 0.3 is 6.18 Å². The first-order chi connectivity index (χ1) is 13.7. The Morgan fingerprint density at radius 3 is 2.76 bits per heavy atom. The minimum Gasteiger partial charge on any atom is -0.467 e. The van der Waals surface area contributed by atoms with E-state index >= 15 is 0 Å². The monoisotopic (exact) mass is 404 g/mol. The van der Waals surface area contributed by atoms with Crippen molar-refractivity contribution in [2.75, 3.05) is 10.6 Å². The first kappa shape index (κ1) is 19.1. The van der Waals surface area contributed by atoms with Gasteiger partial charge in [-0.1, -0.05) is 12.1 Å². The Morgan fingerprint density at radius 1 is 1.28 bits per heavy atom. The molecule has 0 fully saturated rings. The number of benzene rings is 1. The van der Waals surface area contributed by atoms with Crippen molar-refractivity contribution in [2.45, 2.75) is 38.5 Å². The second kappa shape index (κ2) is 6.98. The predicted octanol–water partition coefficient (Wildman–Crippen LogP) is 5.01. The number of carbonyl (C=O) groups excluding carboxylic acids is 1. The highest BCUT2D eigenvalue weighted by molar-refractivity contribution is 6.03. The summed E-state index contributed by atoms with van der Waals surface area (Å²) in [5, 5.41) is 9.67. The number of nitrogens with one attached hydrogen (secondary N) is 2. The van der Waals surface area contributed by atoms with Crippen molar-refractivity contribution < 1.29 is 22.4 Å². The van der Waals surface area contributed by atoms with Gasteiger partial charge in [0.25, 0.3) is 5.91 Å². The molecule has 0 aliphatic carbocycles. The van der Waals surface area contributed by atoms with Crippen molar-refractivity contribution in [1.82, 2.24) is 9.78 Å². The molecule has 1 aliphatic rings. The Bertz CT molecular complexity index is 1040. The summed E-state index contributed by atoms with van der Waals surface area (Å²) in [4.78, 5) is 12.6. The van der Waals surface area contributed by atoms with Crippen LogP contribution in [-0.4, -0.2) is 21.9 Å². The van der Waals surface area contributed by atoms with E-state index in [0.29, 0.717) is 11.4 Å². The molecule has 3 heterocycles. The summed E-state index contributed by atoms with van der Waals surface area (Å²) in [6.45, 7) is 3.77. The van der Waals surface area contributed by atoms with E-state index in [1.54, 1.807) is 24.3 Å². The topological polar surface area (TPSA) is 72.1 Å².